The topological polar surface area (TPSA) is 41.0 Å². The zero-order valence-electron chi connectivity index (χ0n) is 11.9. The molecule has 0 atom stereocenters. The monoisotopic (exact) mass is 329 g/mol. The first-order valence-corrected chi connectivity index (χ1v) is 7.61. The molecule has 1 heterocycles. The van der Waals surface area contributed by atoms with Gasteiger partial charge in [0.05, 0.1) is 16.1 Å². The maximum Gasteiger partial charge on any atom is 0.224 e. The van der Waals surface area contributed by atoms with Crippen LogP contribution in [0, 0.1) is 10.6 Å². The molecule has 1 amide bonds. The maximum absolute atomic E-state index is 13.4. The van der Waals surface area contributed by atoms with E-state index in [4.69, 9.17) is 23.8 Å². The molecule has 21 heavy (non-hydrogen) atoms. The highest BCUT2D eigenvalue weighted by atomic mass is 35.5. The number of nitrogens with one attached hydrogen (secondary N) is 1. The van der Waals surface area contributed by atoms with Gasteiger partial charge in [-0.2, -0.15) is 0 Å². The number of fused-ring (bicyclic) bond motifs is 1. The third-order valence-electron chi connectivity index (χ3n) is 3.48. The van der Waals surface area contributed by atoms with E-state index in [1.165, 1.54) is 12.1 Å². The van der Waals surface area contributed by atoms with Crippen molar-refractivity contribution >= 4 is 40.8 Å². The summed E-state index contributed by atoms with van der Waals surface area (Å²) in [4.78, 5) is 16.8. The molecule has 0 saturated carbocycles. The van der Waals surface area contributed by atoms with E-state index >= 15 is 0 Å². The van der Waals surface area contributed by atoms with E-state index in [1.807, 2.05) is 13.8 Å². The lowest BCUT2D eigenvalue weighted by Gasteiger charge is -2.18. The smallest absolute Gasteiger partial charge is 0.224 e. The highest BCUT2D eigenvalue weighted by Crippen LogP contribution is 2.23. The van der Waals surface area contributed by atoms with Crippen LogP contribution in [0.15, 0.2) is 12.1 Å². The molecule has 1 aromatic carbocycles. The Labute approximate surface area is 132 Å². The Morgan fingerprint density at radius 3 is 2.71 bits per heavy atom. The van der Waals surface area contributed by atoms with Crippen molar-refractivity contribution in [3.8, 4) is 0 Å². The Morgan fingerprint density at radius 2 is 2.10 bits per heavy atom. The molecule has 0 saturated heterocycles. The highest BCUT2D eigenvalue weighted by Gasteiger charge is 2.13. The van der Waals surface area contributed by atoms with Crippen LogP contribution in [0.5, 0.6) is 0 Å². The van der Waals surface area contributed by atoms with Crippen LogP contribution in [-0.4, -0.2) is 33.4 Å². The van der Waals surface area contributed by atoms with Gasteiger partial charge in [-0.3, -0.25) is 4.79 Å². The van der Waals surface area contributed by atoms with Gasteiger partial charge < -0.3 is 14.5 Å². The van der Waals surface area contributed by atoms with Crippen molar-refractivity contribution in [1.82, 2.24) is 14.5 Å². The Hall–Kier alpha value is -1.40. The molecule has 0 aliphatic rings. The van der Waals surface area contributed by atoms with Crippen LogP contribution in [0.2, 0.25) is 5.02 Å². The summed E-state index contributed by atoms with van der Waals surface area (Å²) in [6.45, 7) is 5.70. The predicted molar refractivity (Wildman–Crippen MR) is 84.6 cm³/mol. The van der Waals surface area contributed by atoms with Crippen LogP contribution >= 0.6 is 23.8 Å². The van der Waals surface area contributed by atoms with Crippen LogP contribution in [0.25, 0.3) is 11.0 Å². The van der Waals surface area contributed by atoms with Crippen molar-refractivity contribution < 1.29 is 9.18 Å². The zero-order chi connectivity index (χ0) is 15.6. The van der Waals surface area contributed by atoms with Crippen molar-refractivity contribution in [3.63, 3.8) is 0 Å². The summed E-state index contributed by atoms with van der Waals surface area (Å²) >= 11 is 11.0. The van der Waals surface area contributed by atoms with Crippen LogP contribution in [0.4, 0.5) is 4.39 Å². The van der Waals surface area contributed by atoms with Gasteiger partial charge in [-0.1, -0.05) is 11.6 Å². The summed E-state index contributed by atoms with van der Waals surface area (Å²) in [5.41, 5.74) is 1.29. The molecule has 1 N–H and O–H groups in total. The van der Waals surface area contributed by atoms with Gasteiger partial charge in [0.1, 0.15) is 5.82 Å². The molecule has 4 nitrogen and oxygen atoms in total. The number of H-pyrrole nitrogens is 1. The molecule has 0 aliphatic heterocycles. The van der Waals surface area contributed by atoms with E-state index in [0.29, 0.717) is 41.9 Å². The summed E-state index contributed by atoms with van der Waals surface area (Å²) in [5.74, 6) is -0.420. The molecule has 0 unspecified atom stereocenters. The maximum atomic E-state index is 13.4. The van der Waals surface area contributed by atoms with Gasteiger partial charge in [0.25, 0.3) is 0 Å². The number of halogens is 2. The number of aromatic nitrogens is 2. The molecule has 0 fully saturated rings. The number of rotatable bonds is 5. The lowest BCUT2D eigenvalue weighted by molar-refractivity contribution is -0.131. The number of hydrogen-bond acceptors (Lipinski definition) is 2. The molecule has 114 valence electrons. The van der Waals surface area contributed by atoms with Crippen molar-refractivity contribution in [2.45, 2.75) is 26.8 Å². The van der Waals surface area contributed by atoms with Crippen molar-refractivity contribution in [3.05, 3.63) is 27.7 Å². The molecule has 1 aromatic heterocycles. The third-order valence-corrected chi connectivity index (χ3v) is 4.09. The van der Waals surface area contributed by atoms with E-state index in [2.05, 4.69) is 4.98 Å². The largest absolute Gasteiger partial charge is 0.343 e. The number of hydrogen-bond donors (Lipinski definition) is 1. The number of benzene rings is 1. The van der Waals surface area contributed by atoms with Crippen molar-refractivity contribution in [1.29, 1.82) is 0 Å². The molecular formula is C14H17ClFN3OS. The molecule has 2 aromatic rings. The first-order chi connectivity index (χ1) is 9.97. The number of amides is 1. The second-order valence-corrected chi connectivity index (χ2v) is 5.48. The van der Waals surface area contributed by atoms with Crippen LogP contribution < -0.4 is 0 Å². The van der Waals surface area contributed by atoms with Gasteiger partial charge >= 0.3 is 0 Å². The Morgan fingerprint density at radius 1 is 1.43 bits per heavy atom. The Balaban J connectivity index is 2.27. The minimum Gasteiger partial charge on any atom is -0.343 e. The van der Waals surface area contributed by atoms with Gasteiger partial charge in [0.2, 0.25) is 5.91 Å². The summed E-state index contributed by atoms with van der Waals surface area (Å²) in [5, 5.41) is 0.0420. The average Bonchev–Trinajstić information content (AvgIpc) is 2.73. The lowest BCUT2D eigenvalue weighted by atomic mass is 10.3. The number of carbonyl (C=O) groups is 1. The van der Waals surface area contributed by atoms with E-state index in [1.54, 1.807) is 9.47 Å². The van der Waals surface area contributed by atoms with Crippen LogP contribution in [-0.2, 0) is 11.3 Å². The minimum atomic E-state index is -0.494. The number of nitrogens with zero attached hydrogens (tertiary/aromatic N) is 2. The zero-order valence-corrected chi connectivity index (χ0v) is 13.5. The summed E-state index contributed by atoms with van der Waals surface area (Å²) in [6.07, 6.45) is 0.345. The van der Waals surface area contributed by atoms with Gasteiger partial charge in [-0.15, -0.1) is 0 Å². The quantitative estimate of drug-likeness (QED) is 0.849. The second kappa shape index (κ2) is 6.58. The second-order valence-electron chi connectivity index (χ2n) is 4.68. The fourth-order valence-electron chi connectivity index (χ4n) is 2.32. The van der Waals surface area contributed by atoms with Crippen LogP contribution in [0.3, 0.4) is 0 Å². The number of aryl methyl sites for hydroxylation is 1. The third kappa shape index (κ3) is 3.27. The molecule has 0 radical (unpaired) electrons. The Kier molecular flexibility index (Phi) is 5.00. The number of imidazole rings is 1. The first kappa shape index (κ1) is 16.0. The van der Waals surface area contributed by atoms with Gasteiger partial charge in [-0.25, -0.2) is 4.39 Å². The molecule has 7 heteroatoms. The summed E-state index contributed by atoms with van der Waals surface area (Å²) < 4.78 is 15.7. The van der Waals surface area contributed by atoms with E-state index in [-0.39, 0.29) is 10.9 Å². The molecule has 0 bridgehead atoms. The normalized spacial score (nSPS) is 11.0. The SMILES string of the molecule is CCN(CC)C(=O)CCn1c(=S)[nH]c2cc(F)c(Cl)cc21. The van der Waals surface area contributed by atoms with Gasteiger partial charge in [-0.05, 0) is 32.1 Å². The first-order valence-electron chi connectivity index (χ1n) is 6.83. The Bertz CT molecular complexity index is 721. The van der Waals surface area contributed by atoms with E-state index < -0.39 is 5.82 Å². The van der Waals surface area contributed by atoms with Crippen molar-refractivity contribution in [2.75, 3.05) is 13.1 Å². The number of aromatic amines is 1. The standard InChI is InChI=1S/C14H17ClFN3OS/c1-3-18(4-2)13(20)5-6-19-12-7-9(15)10(16)8-11(12)17-14(19)21/h7-8H,3-6H2,1-2H3,(H,17,21). The fraction of sp³-hybridized carbons (Fsp3) is 0.429. The summed E-state index contributed by atoms with van der Waals surface area (Å²) in [7, 11) is 0. The average molecular weight is 330 g/mol. The fourth-order valence-corrected chi connectivity index (χ4v) is 2.77. The summed E-state index contributed by atoms with van der Waals surface area (Å²) in [6, 6.07) is 2.84. The van der Waals surface area contributed by atoms with Gasteiger partial charge in [0.15, 0.2) is 4.77 Å². The molecule has 0 spiro atoms. The number of carbonyl (C=O) groups excluding carboxylic acids is 1. The highest BCUT2D eigenvalue weighted by molar-refractivity contribution is 7.71. The molecule has 2 rings (SSSR count). The van der Waals surface area contributed by atoms with Gasteiger partial charge in [0, 0.05) is 32.1 Å². The molecular weight excluding hydrogens is 313 g/mol. The molecule has 0 aliphatic carbocycles. The lowest BCUT2D eigenvalue weighted by Crippen LogP contribution is -2.31. The minimum absolute atomic E-state index is 0.0420. The predicted octanol–water partition coefficient (Wildman–Crippen LogP) is 3.75. The van der Waals surface area contributed by atoms with E-state index in [0.717, 1.165) is 0 Å². The van der Waals surface area contributed by atoms with Crippen LogP contribution in [0.1, 0.15) is 20.3 Å². The van der Waals surface area contributed by atoms with Crippen molar-refractivity contribution in [2.24, 2.45) is 0 Å². The van der Waals surface area contributed by atoms with E-state index in [9.17, 15) is 9.18 Å².